The van der Waals surface area contributed by atoms with Crippen LogP contribution >= 0.6 is 0 Å². The van der Waals surface area contributed by atoms with Gasteiger partial charge in [-0.2, -0.15) is 5.10 Å². The van der Waals surface area contributed by atoms with Crippen LogP contribution in [0.25, 0.3) is 0 Å². The first-order valence-electron chi connectivity index (χ1n) is 9.63. The number of para-hydroxylation sites is 2. The van der Waals surface area contributed by atoms with Crippen molar-refractivity contribution in [2.75, 3.05) is 16.5 Å². The number of aryl methyl sites for hydroxylation is 1. The molecule has 2 aliphatic rings. The molecule has 5 rings (SSSR count). The maximum absolute atomic E-state index is 5.15. The molecule has 0 amide bonds. The number of hydrogen-bond donors (Lipinski definition) is 0. The molecular formula is C24H23N3. The Balaban J connectivity index is 1.69. The Kier molecular flexibility index (Phi) is 3.75. The van der Waals surface area contributed by atoms with E-state index in [0.717, 1.165) is 17.9 Å². The lowest BCUT2D eigenvalue weighted by molar-refractivity contribution is 0.608. The number of likely N-dealkylation sites (N-methyl/N-ethyl adjacent to an activating group) is 1. The Morgan fingerprint density at radius 3 is 2.30 bits per heavy atom. The topological polar surface area (TPSA) is 18.8 Å². The van der Waals surface area contributed by atoms with Gasteiger partial charge in [0.1, 0.15) is 6.17 Å². The predicted molar refractivity (Wildman–Crippen MR) is 113 cm³/mol. The summed E-state index contributed by atoms with van der Waals surface area (Å²) in [7, 11) is 0. The maximum Gasteiger partial charge on any atom is 0.136 e. The zero-order valence-corrected chi connectivity index (χ0v) is 15.7. The van der Waals surface area contributed by atoms with Gasteiger partial charge in [0.25, 0.3) is 0 Å². The summed E-state index contributed by atoms with van der Waals surface area (Å²) in [5, 5.41) is 7.36. The number of fused-ring (bicyclic) bond motifs is 3. The van der Waals surface area contributed by atoms with E-state index in [1.54, 1.807) is 0 Å². The smallest absolute Gasteiger partial charge is 0.136 e. The van der Waals surface area contributed by atoms with Crippen LogP contribution in [0.4, 0.5) is 11.4 Å². The van der Waals surface area contributed by atoms with Crippen molar-refractivity contribution < 1.29 is 0 Å². The molecule has 0 bridgehead atoms. The highest BCUT2D eigenvalue weighted by atomic mass is 15.6. The van der Waals surface area contributed by atoms with Crippen LogP contribution in [-0.4, -0.2) is 18.4 Å². The van der Waals surface area contributed by atoms with Crippen molar-refractivity contribution in [1.82, 2.24) is 0 Å². The van der Waals surface area contributed by atoms with E-state index < -0.39 is 0 Å². The van der Waals surface area contributed by atoms with E-state index in [4.69, 9.17) is 5.10 Å². The summed E-state index contributed by atoms with van der Waals surface area (Å²) in [5.41, 5.74) is 7.49. The normalized spacial score (nSPS) is 20.4. The minimum absolute atomic E-state index is 0.186. The van der Waals surface area contributed by atoms with Crippen molar-refractivity contribution in [2.45, 2.75) is 25.9 Å². The van der Waals surface area contributed by atoms with Gasteiger partial charge in [-0.25, -0.2) is 5.01 Å². The number of hydrogen-bond acceptors (Lipinski definition) is 3. The minimum atomic E-state index is 0.186. The van der Waals surface area contributed by atoms with Gasteiger partial charge in [-0.1, -0.05) is 66.2 Å². The zero-order chi connectivity index (χ0) is 18.4. The zero-order valence-electron chi connectivity index (χ0n) is 15.7. The Hall–Kier alpha value is -3.07. The average molecular weight is 353 g/mol. The van der Waals surface area contributed by atoms with Gasteiger partial charge < -0.3 is 4.90 Å². The molecule has 3 aromatic rings. The van der Waals surface area contributed by atoms with Gasteiger partial charge in [0, 0.05) is 12.2 Å². The SMILES string of the molecule is CCN1c2ccccc2[C@@H]2C(c3ccc(C)cc3)=NN(c3ccccc3)[C@@H]21. The molecule has 0 aromatic heterocycles. The van der Waals surface area contributed by atoms with E-state index in [1.807, 2.05) is 0 Å². The molecule has 0 fully saturated rings. The Morgan fingerprint density at radius 1 is 0.852 bits per heavy atom. The van der Waals surface area contributed by atoms with Gasteiger partial charge in [-0.3, -0.25) is 0 Å². The van der Waals surface area contributed by atoms with Crippen LogP contribution in [0.1, 0.15) is 29.5 Å². The van der Waals surface area contributed by atoms with E-state index >= 15 is 0 Å². The van der Waals surface area contributed by atoms with Crippen LogP contribution in [-0.2, 0) is 0 Å². The van der Waals surface area contributed by atoms with Gasteiger partial charge in [-0.15, -0.1) is 0 Å². The Bertz CT molecular complexity index is 992. The van der Waals surface area contributed by atoms with E-state index in [0.29, 0.717) is 0 Å². The van der Waals surface area contributed by atoms with E-state index in [1.165, 1.54) is 22.4 Å². The first-order valence-corrected chi connectivity index (χ1v) is 9.63. The lowest BCUT2D eigenvalue weighted by Gasteiger charge is -2.32. The summed E-state index contributed by atoms with van der Waals surface area (Å²) in [6, 6.07) is 28.1. The van der Waals surface area contributed by atoms with Crippen molar-refractivity contribution in [3.8, 4) is 0 Å². The number of nitrogens with zero attached hydrogens (tertiary/aromatic N) is 3. The molecular weight excluding hydrogens is 330 g/mol. The van der Waals surface area contributed by atoms with Crippen LogP contribution in [0.5, 0.6) is 0 Å². The van der Waals surface area contributed by atoms with Crippen molar-refractivity contribution >= 4 is 17.1 Å². The molecule has 0 radical (unpaired) electrons. The van der Waals surface area contributed by atoms with Crippen LogP contribution in [0.3, 0.4) is 0 Å². The number of benzene rings is 3. The highest BCUT2D eigenvalue weighted by molar-refractivity contribution is 6.10. The molecule has 0 unspecified atom stereocenters. The van der Waals surface area contributed by atoms with Crippen LogP contribution in [0.15, 0.2) is 84.0 Å². The molecule has 3 nitrogen and oxygen atoms in total. The third-order valence-electron chi connectivity index (χ3n) is 5.67. The van der Waals surface area contributed by atoms with Gasteiger partial charge >= 0.3 is 0 Å². The summed E-state index contributed by atoms with van der Waals surface area (Å²) in [5.74, 6) is 0.254. The van der Waals surface area contributed by atoms with Gasteiger partial charge in [-0.05, 0) is 43.2 Å². The number of anilines is 2. The fourth-order valence-corrected chi connectivity index (χ4v) is 4.40. The summed E-state index contributed by atoms with van der Waals surface area (Å²) < 4.78 is 0. The molecule has 2 atom stereocenters. The maximum atomic E-state index is 5.15. The average Bonchev–Trinajstić information content (AvgIpc) is 3.25. The molecule has 2 heterocycles. The van der Waals surface area contributed by atoms with Crippen molar-refractivity contribution in [1.29, 1.82) is 0 Å². The van der Waals surface area contributed by atoms with Crippen molar-refractivity contribution in [3.63, 3.8) is 0 Å². The second kappa shape index (κ2) is 6.27. The van der Waals surface area contributed by atoms with Crippen LogP contribution < -0.4 is 9.91 Å². The predicted octanol–water partition coefficient (Wildman–Crippen LogP) is 5.17. The monoisotopic (exact) mass is 353 g/mol. The molecule has 2 aliphatic heterocycles. The molecule has 0 N–H and O–H groups in total. The van der Waals surface area contributed by atoms with Crippen molar-refractivity contribution in [2.24, 2.45) is 5.10 Å². The molecule has 134 valence electrons. The van der Waals surface area contributed by atoms with E-state index in [9.17, 15) is 0 Å². The highest BCUT2D eigenvalue weighted by Crippen LogP contribution is 2.48. The quantitative estimate of drug-likeness (QED) is 0.647. The Labute approximate surface area is 160 Å². The lowest BCUT2D eigenvalue weighted by Crippen LogP contribution is -2.43. The fourth-order valence-electron chi connectivity index (χ4n) is 4.40. The highest BCUT2D eigenvalue weighted by Gasteiger charge is 2.48. The third kappa shape index (κ3) is 2.46. The fraction of sp³-hybridized carbons (Fsp3) is 0.208. The van der Waals surface area contributed by atoms with Crippen LogP contribution in [0, 0.1) is 6.92 Å². The summed E-state index contributed by atoms with van der Waals surface area (Å²) in [4.78, 5) is 2.48. The summed E-state index contributed by atoms with van der Waals surface area (Å²) in [6.45, 7) is 5.31. The largest absolute Gasteiger partial charge is 0.349 e. The first kappa shape index (κ1) is 16.1. The van der Waals surface area contributed by atoms with E-state index in [2.05, 4.69) is 103 Å². The lowest BCUT2D eigenvalue weighted by atomic mass is 9.90. The molecule has 3 heteroatoms. The van der Waals surface area contributed by atoms with Crippen molar-refractivity contribution in [3.05, 3.63) is 95.6 Å². The third-order valence-corrected chi connectivity index (χ3v) is 5.67. The number of rotatable bonds is 3. The Morgan fingerprint density at radius 2 is 1.56 bits per heavy atom. The van der Waals surface area contributed by atoms with Crippen LogP contribution in [0.2, 0.25) is 0 Å². The van der Waals surface area contributed by atoms with Gasteiger partial charge in [0.15, 0.2) is 0 Å². The summed E-state index contributed by atoms with van der Waals surface area (Å²) >= 11 is 0. The molecule has 0 saturated heterocycles. The molecule has 0 saturated carbocycles. The standard InChI is InChI=1S/C24H23N3/c1-3-26-21-12-8-7-11-20(21)22-23(18-15-13-17(2)14-16-18)25-27(24(22)26)19-9-5-4-6-10-19/h4-16,22,24H,3H2,1-2H3/t22-,24+/m1/s1. The molecule has 0 aliphatic carbocycles. The number of hydrazone groups is 1. The molecule has 27 heavy (non-hydrogen) atoms. The van der Waals surface area contributed by atoms with Gasteiger partial charge in [0.2, 0.25) is 0 Å². The first-order chi connectivity index (χ1) is 13.3. The van der Waals surface area contributed by atoms with E-state index in [-0.39, 0.29) is 12.1 Å². The minimum Gasteiger partial charge on any atom is -0.349 e. The van der Waals surface area contributed by atoms with Gasteiger partial charge in [0.05, 0.1) is 17.3 Å². The molecule has 3 aromatic carbocycles. The molecule has 0 spiro atoms. The second-order valence-corrected chi connectivity index (χ2v) is 7.27. The summed E-state index contributed by atoms with van der Waals surface area (Å²) in [6.07, 6.45) is 0.186. The second-order valence-electron chi connectivity index (χ2n) is 7.27.